The van der Waals surface area contributed by atoms with E-state index in [0.29, 0.717) is 0 Å². The van der Waals surface area contributed by atoms with Crippen LogP contribution in [0.2, 0.25) is 0 Å². The summed E-state index contributed by atoms with van der Waals surface area (Å²) in [4.78, 5) is 0. The highest BCUT2D eigenvalue weighted by Gasteiger charge is 2.00. The molecule has 0 N–H and O–H groups in total. The van der Waals surface area contributed by atoms with Crippen LogP contribution in [0.15, 0.2) is 48.1 Å². The summed E-state index contributed by atoms with van der Waals surface area (Å²) >= 11 is 0. The Hall–Kier alpha value is -1.30. The topological polar surface area (TPSA) is 0 Å². The summed E-state index contributed by atoms with van der Waals surface area (Å²) < 4.78 is 0. The van der Waals surface area contributed by atoms with Gasteiger partial charge in [0.25, 0.3) is 0 Å². The summed E-state index contributed by atoms with van der Waals surface area (Å²) in [6, 6.07) is 10.5. The Kier molecular flexibility index (Phi) is 3.78. The van der Waals surface area contributed by atoms with Crippen molar-refractivity contribution in [2.24, 2.45) is 0 Å². The van der Waals surface area contributed by atoms with Gasteiger partial charge in [-0.05, 0) is 37.7 Å². The van der Waals surface area contributed by atoms with Crippen molar-refractivity contribution in [3.05, 3.63) is 53.6 Å². The minimum atomic E-state index is 1.13. The highest BCUT2D eigenvalue weighted by molar-refractivity contribution is 5.49. The number of allylic oxidation sites excluding steroid dienone is 3. The van der Waals surface area contributed by atoms with Crippen LogP contribution in [0, 0.1) is 0 Å². The van der Waals surface area contributed by atoms with Gasteiger partial charge in [0.15, 0.2) is 0 Å². The lowest BCUT2D eigenvalue weighted by Gasteiger charge is -2.09. The van der Waals surface area contributed by atoms with Gasteiger partial charge in [0.05, 0.1) is 0 Å². The van der Waals surface area contributed by atoms with Gasteiger partial charge in [-0.2, -0.15) is 0 Å². The SMILES string of the molecule is C1=C(C/C=C\c2ccccc2)CCCC1. The molecule has 1 aromatic carbocycles. The second-order valence-corrected chi connectivity index (χ2v) is 4.13. The molecule has 0 saturated carbocycles. The van der Waals surface area contributed by atoms with Gasteiger partial charge in [-0.3, -0.25) is 0 Å². The van der Waals surface area contributed by atoms with E-state index in [0.717, 1.165) is 6.42 Å². The quantitative estimate of drug-likeness (QED) is 0.623. The molecule has 0 saturated heterocycles. The van der Waals surface area contributed by atoms with Crippen molar-refractivity contribution in [2.45, 2.75) is 32.1 Å². The van der Waals surface area contributed by atoms with Gasteiger partial charge in [-0.25, -0.2) is 0 Å². The zero-order valence-electron chi connectivity index (χ0n) is 9.15. The molecule has 78 valence electrons. The Morgan fingerprint density at radius 2 is 1.93 bits per heavy atom. The molecular formula is C15H18. The normalized spacial score (nSPS) is 16.7. The van der Waals surface area contributed by atoms with E-state index in [1.54, 1.807) is 5.57 Å². The van der Waals surface area contributed by atoms with Crippen LogP contribution in [-0.2, 0) is 0 Å². The van der Waals surface area contributed by atoms with Crippen LogP contribution in [0.5, 0.6) is 0 Å². The summed E-state index contributed by atoms with van der Waals surface area (Å²) in [5.74, 6) is 0. The fourth-order valence-corrected chi connectivity index (χ4v) is 2.00. The highest BCUT2D eigenvalue weighted by Crippen LogP contribution is 2.20. The molecule has 0 bridgehead atoms. The molecule has 1 aromatic rings. The zero-order chi connectivity index (χ0) is 10.3. The molecule has 0 amide bonds. The lowest BCUT2D eigenvalue weighted by atomic mass is 9.97. The van der Waals surface area contributed by atoms with E-state index in [1.807, 2.05) is 0 Å². The Morgan fingerprint density at radius 1 is 1.07 bits per heavy atom. The van der Waals surface area contributed by atoms with Gasteiger partial charge in [0.1, 0.15) is 0 Å². The molecule has 0 atom stereocenters. The second-order valence-electron chi connectivity index (χ2n) is 4.13. The average Bonchev–Trinajstić information content (AvgIpc) is 2.32. The minimum Gasteiger partial charge on any atom is -0.0850 e. The predicted molar refractivity (Wildman–Crippen MR) is 66.6 cm³/mol. The van der Waals surface area contributed by atoms with Crippen molar-refractivity contribution in [1.82, 2.24) is 0 Å². The standard InChI is InChI=1S/C15H18/c1-3-8-14(9-4-1)12-7-13-15-10-5-2-6-11-15/h1,3-4,7-10,12H,2,5-6,11,13H2/b12-7-. The molecule has 0 heteroatoms. The summed E-state index contributed by atoms with van der Waals surface area (Å²) in [6.07, 6.45) is 13.4. The van der Waals surface area contributed by atoms with Crippen LogP contribution in [0.1, 0.15) is 37.7 Å². The Morgan fingerprint density at radius 3 is 2.67 bits per heavy atom. The van der Waals surface area contributed by atoms with Gasteiger partial charge < -0.3 is 0 Å². The first kappa shape index (κ1) is 10.2. The van der Waals surface area contributed by atoms with Crippen LogP contribution < -0.4 is 0 Å². The fraction of sp³-hybridized carbons (Fsp3) is 0.333. The second kappa shape index (κ2) is 5.55. The maximum Gasteiger partial charge on any atom is -0.0135 e. The molecular weight excluding hydrogens is 180 g/mol. The molecule has 0 aromatic heterocycles. The third-order valence-electron chi connectivity index (χ3n) is 2.87. The van der Waals surface area contributed by atoms with Crippen LogP contribution in [0.4, 0.5) is 0 Å². The molecule has 1 aliphatic carbocycles. The van der Waals surface area contributed by atoms with Gasteiger partial charge in [-0.1, -0.05) is 54.1 Å². The summed E-state index contributed by atoms with van der Waals surface area (Å²) in [5, 5.41) is 0. The lowest BCUT2D eigenvalue weighted by molar-refractivity contribution is 0.691. The Labute approximate surface area is 92.3 Å². The van der Waals surface area contributed by atoms with E-state index in [9.17, 15) is 0 Å². The van der Waals surface area contributed by atoms with E-state index in [-0.39, 0.29) is 0 Å². The van der Waals surface area contributed by atoms with E-state index in [4.69, 9.17) is 0 Å². The van der Waals surface area contributed by atoms with E-state index in [2.05, 4.69) is 48.6 Å². The van der Waals surface area contributed by atoms with Crippen LogP contribution in [0.3, 0.4) is 0 Å². The summed E-state index contributed by atoms with van der Waals surface area (Å²) in [5.41, 5.74) is 2.92. The first-order valence-corrected chi connectivity index (χ1v) is 5.84. The molecule has 0 spiro atoms. The van der Waals surface area contributed by atoms with Crippen molar-refractivity contribution >= 4 is 6.08 Å². The first-order chi connectivity index (χ1) is 7.45. The predicted octanol–water partition coefficient (Wildman–Crippen LogP) is 4.59. The smallest absolute Gasteiger partial charge is 0.0135 e. The fourth-order valence-electron chi connectivity index (χ4n) is 2.00. The molecule has 0 aliphatic heterocycles. The Balaban J connectivity index is 1.87. The molecule has 0 radical (unpaired) electrons. The van der Waals surface area contributed by atoms with Gasteiger partial charge in [0.2, 0.25) is 0 Å². The van der Waals surface area contributed by atoms with E-state index in [1.165, 1.54) is 31.2 Å². The lowest BCUT2D eigenvalue weighted by Crippen LogP contribution is -1.89. The van der Waals surface area contributed by atoms with Crippen LogP contribution in [-0.4, -0.2) is 0 Å². The third kappa shape index (κ3) is 3.39. The monoisotopic (exact) mass is 198 g/mol. The van der Waals surface area contributed by atoms with Crippen molar-refractivity contribution in [3.63, 3.8) is 0 Å². The van der Waals surface area contributed by atoms with Crippen molar-refractivity contribution in [3.8, 4) is 0 Å². The maximum absolute atomic E-state index is 2.42. The number of hydrogen-bond donors (Lipinski definition) is 0. The average molecular weight is 198 g/mol. The highest BCUT2D eigenvalue weighted by atomic mass is 14.1. The van der Waals surface area contributed by atoms with Crippen molar-refractivity contribution < 1.29 is 0 Å². The molecule has 0 fully saturated rings. The molecule has 0 nitrogen and oxygen atoms in total. The number of rotatable bonds is 3. The first-order valence-electron chi connectivity index (χ1n) is 5.84. The summed E-state index contributed by atoms with van der Waals surface area (Å²) in [6.45, 7) is 0. The van der Waals surface area contributed by atoms with Crippen molar-refractivity contribution in [1.29, 1.82) is 0 Å². The van der Waals surface area contributed by atoms with E-state index < -0.39 is 0 Å². The molecule has 15 heavy (non-hydrogen) atoms. The largest absolute Gasteiger partial charge is 0.0850 e. The molecule has 0 unspecified atom stereocenters. The molecule has 0 heterocycles. The van der Waals surface area contributed by atoms with Crippen LogP contribution >= 0.6 is 0 Å². The molecule has 1 aliphatic rings. The molecule has 2 rings (SSSR count). The minimum absolute atomic E-state index is 1.13. The maximum atomic E-state index is 2.42. The van der Waals surface area contributed by atoms with Crippen molar-refractivity contribution in [2.75, 3.05) is 0 Å². The zero-order valence-corrected chi connectivity index (χ0v) is 9.15. The van der Waals surface area contributed by atoms with E-state index >= 15 is 0 Å². The van der Waals surface area contributed by atoms with Gasteiger partial charge in [-0.15, -0.1) is 0 Å². The number of benzene rings is 1. The van der Waals surface area contributed by atoms with Gasteiger partial charge in [0, 0.05) is 0 Å². The van der Waals surface area contributed by atoms with Gasteiger partial charge >= 0.3 is 0 Å². The van der Waals surface area contributed by atoms with Crippen LogP contribution in [0.25, 0.3) is 6.08 Å². The number of hydrogen-bond acceptors (Lipinski definition) is 0. The summed E-state index contributed by atoms with van der Waals surface area (Å²) in [7, 11) is 0. The third-order valence-corrected chi connectivity index (χ3v) is 2.87. The Bertz CT molecular complexity index is 344.